The standard InChI is InChI=1S/C27H34N4O6S/c1-29-16-24(38-18-20-5-9-23(36-2)10-6-20)13-25(29)26(32)30-12-11-21(15-30)14-28-27(33)37-17-19-3-7-22(8-4-19)31(34)35/h3-10,21,24-25H,11-18H2,1-2H3,(H,28,33)/t21-,24+,25+/m1/s1. The number of ether oxygens (including phenoxy) is 2. The summed E-state index contributed by atoms with van der Waals surface area (Å²) in [6.45, 7) is 2.66. The van der Waals surface area contributed by atoms with E-state index in [2.05, 4.69) is 22.3 Å². The summed E-state index contributed by atoms with van der Waals surface area (Å²) in [5.74, 6) is 2.10. The van der Waals surface area contributed by atoms with E-state index in [1.54, 1.807) is 19.2 Å². The van der Waals surface area contributed by atoms with E-state index >= 15 is 0 Å². The number of alkyl carbamates (subject to hydrolysis) is 1. The van der Waals surface area contributed by atoms with Crippen LogP contribution in [0.25, 0.3) is 0 Å². The van der Waals surface area contributed by atoms with Crippen molar-refractivity contribution in [2.45, 2.75) is 36.5 Å². The van der Waals surface area contributed by atoms with Crippen molar-refractivity contribution in [1.82, 2.24) is 15.1 Å². The second-order valence-corrected chi connectivity index (χ2v) is 11.1. The molecule has 3 atom stereocenters. The van der Waals surface area contributed by atoms with E-state index in [-0.39, 0.29) is 30.2 Å². The van der Waals surface area contributed by atoms with Crippen molar-refractivity contribution in [2.24, 2.45) is 5.92 Å². The Bertz CT molecular complexity index is 1110. The van der Waals surface area contributed by atoms with Crippen LogP contribution < -0.4 is 10.1 Å². The molecule has 0 saturated carbocycles. The highest BCUT2D eigenvalue weighted by Crippen LogP contribution is 2.31. The van der Waals surface area contributed by atoms with Crippen molar-refractivity contribution >= 4 is 29.4 Å². The number of nitro benzene ring substituents is 1. The molecule has 2 fully saturated rings. The molecule has 2 aromatic carbocycles. The molecule has 10 nitrogen and oxygen atoms in total. The number of nitrogens with zero attached hydrogens (tertiary/aromatic N) is 3. The summed E-state index contributed by atoms with van der Waals surface area (Å²) in [6.07, 6.45) is 1.13. The van der Waals surface area contributed by atoms with Gasteiger partial charge in [0.25, 0.3) is 5.69 Å². The number of hydrogen-bond acceptors (Lipinski definition) is 8. The third-order valence-corrected chi connectivity index (χ3v) is 8.40. The third kappa shape index (κ3) is 7.38. The molecule has 204 valence electrons. The number of likely N-dealkylation sites (tertiary alicyclic amines) is 2. The lowest BCUT2D eigenvalue weighted by atomic mass is 10.1. The Hall–Kier alpha value is -3.31. The lowest BCUT2D eigenvalue weighted by Crippen LogP contribution is -2.43. The van der Waals surface area contributed by atoms with E-state index < -0.39 is 11.0 Å². The molecular weight excluding hydrogens is 508 g/mol. The van der Waals surface area contributed by atoms with Gasteiger partial charge in [-0.25, -0.2) is 4.79 Å². The third-order valence-electron chi connectivity index (χ3n) is 7.09. The Morgan fingerprint density at radius 2 is 1.82 bits per heavy atom. The number of amides is 2. The van der Waals surface area contributed by atoms with Crippen LogP contribution >= 0.6 is 11.8 Å². The van der Waals surface area contributed by atoms with Gasteiger partial charge in [0.05, 0.1) is 18.1 Å². The van der Waals surface area contributed by atoms with Gasteiger partial charge in [-0.2, -0.15) is 11.8 Å². The van der Waals surface area contributed by atoms with Gasteiger partial charge in [-0.05, 0) is 61.2 Å². The van der Waals surface area contributed by atoms with Crippen LogP contribution in [0.5, 0.6) is 5.75 Å². The van der Waals surface area contributed by atoms with E-state index in [1.807, 2.05) is 35.8 Å². The fourth-order valence-corrected chi connectivity index (χ4v) is 6.13. The van der Waals surface area contributed by atoms with Crippen LogP contribution in [0.15, 0.2) is 48.5 Å². The topological polar surface area (TPSA) is 114 Å². The van der Waals surface area contributed by atoms with E-state index in [9.17, 15) is 19.7 Å². The fourth-order valence-electron chi connectivity index (χ4n) is 4.85. The van der Waals surface area contributed by atoms with Crippen molar-refractivity contribution in [1.29, 1.82) is 0 Å². The van der Waals surface area contributed by atoms with E-state index in [0.29, 0.717) is 30.4 Å². The molecule has 2 amide bonds. The number of thioether (sulfide) groups is 1. The molecule has 2 heterocycles. The quantitative estimate of drug-likeness (QED) is 0.357. The highest BCUT2D eigenvalue weighted by molar-refractivity contribution is 7.99. The summed E-state index contributed by atoms with van der Waals surface area (Å²) in [6, 6.07) is 13.9. The second-order valence-electron chi connectivity index (χ2n) is 9.79. The lowest BCUT2D eigenvalue weighted by Gasteiger charge is -2.25. The number of benzene rings is 2. The summed E-state index contributed by atoms with van der Waals surface area (Å²) in [4.78, 5) is 39.7. The minimum atomic E-state index is -0.541. The van der Waals surface area contributed by atoms with Crippen LogP contribution in [0.3, 0.4) is 0 Å². The average Bonchev–Trinajstić information content (AvgIpc) is 3.56. The molecule has 2 aliphatic rings. The summed E-state index contributed by atoms with van der Waals surface area (Å²) in [5.41, 5.74) is 1.91. The molecule has 4 rings (SSSR count). The SMILES string of the molecule is COc1ccc(CS[C@H]2C[C@@H](C(=O)N3CC[C@H](CNC(=O)OCc4ccc([N+](=O)[O-])cc4)C3)N(C)C2)cc1. The number of likely N-dealkylation sites (N-methyl/N-ethyl adjacent to an activating group) is 1. The Morgan fingerprint density at radius 3 is 2.50 bits per heavy atom. The molecule has 2 saturated heterocycles. The Balaban J connectivity index is 1.16. The first-order valence-corrected chi connectivity index (χ1v) is 13.7. The van der Waals surface area contributed by atoms with Gasteiger partial charge >= 0.3 is 6.09 Å². The maximum Gasteiger partial charge on any atom is 0.407 e. The molecule has 0 aliphatic carbocycles. The van der Waals surface area contributed by atoms with Crippen LogP contribution in [0.1, 0.15) is 24.0 Å². The lowest BCUT2D eigenvalue weighted by molar-refractivity contribution is -0.384. The number of rotatable bonds is 10. The molecule has 2 aliphatic heterocycles. The zero-order chi connectivity index (χ0) is 27.1. The number of nitro groups is 1. The fraction of sp³-hybridized carbons (Fsp3) is 0.481. The van der Waals surface area contributed by atoms with E-state index in [1.165, 1.54) is 17.7 Å². The highest BCUT2D eigenvalue weighted by atomic mass is 32.2. The van der Waals surface area contributed by atoms with E-state index in [4.69, 9.17) is 9.47 Å². The van der Waals surface area contributed by atoms with Gasteiger partial charge in [0, 0.05) is 49.3 Å². The first kappa shape index (κ1) is 27.7. The molecule has 0 radical (unpaired) electrons. The monoisotopic (exact) mass is 542 g/mol. The molecule has 0 unspecified atom stereocenters. The minimum absolute atomic E-state index is 0.00910. The Morgan fingerprint density at radius 1 is 1.11 bits per heavy atom. The number of hydrogen-bond donors (Lipinski definition) is 1. The summed E-state index contributed by atoms with van der Waals surface area (Å²) in [5, 5.41) is 13.9. The predicted octanol–water partition coefficient (Wildman–Crippen LogP) is 3.68. The van der Waals surface area contributed by atoms with Crippen molar-refractivity contribution < 1.29 is 24.0 Å². The smallest absolute Gasteiger partial charge is 0.407 e. The van der Waals surface area contributed by atoms with Gasteiger partial charge in [-0.15, -0.1) is 0 Å². The molecule has 38 heavy (non-hydrogen) atoms. The molecule has 0 spiro atoms. The second kappa shape index (κ2) is 13.0. The van der Waals surface area contributed by atoms with Crippen molar-refractivity contribution in [3.05, 3.63) is 69.8 Å². The van der Waals surface area contributed by atoms with Gasteiger partial charge < -0.3 is 19.7 Å². The number of methoxy groups -OCH3 is 1. The molecule has 0 aromatic heterocycles. The van der Waals surface area contributed by atoms with Gasteiger partial charge in [-0.1, -0.05) is 12.1 Å². The van der Waals surface area contributed by atoms with Crippen LogP contribution in [0.2, 0.25) is 0 Å². The Kier molecular flexibility index (Phi) is 9.46. The van der Waals surface area contributed by atoms with Crippen LogP contribution in [-0.2, 0) is 21.9 Å². The molecule has 0 bridgehead atoms. The molecular formula is C27H34N4O6S. The maximum atomic E-state index is 13.3. The van der Waals surface area contributed by atoms with Crippen LogP contribution in [0, 0.1) is 16.0 Å². The highest BCUT2D eigenvalue weighted by Gasteiger charge is 2.39. The van der Waals surface area contributed by atoms with Gasteiger partial charge in [-0.3, -0.25) is 19.8 Å². The van der Waals surface area contributed by atoms with Crippen LogP contribution in [0.4, 0.5) is 10.5 Å². The number of nitrogens with one attached hydrogen (secondary N) is 1. The minimum Gasteiger partial charge on any atom is -0.497 e. The normalized spacial score (nSPS) is 21.3. The van der Waals surface area contributed by atoms with Crippen molar-refractivity contribution in [3.63, 3.8) is 0 Å². The van der Waals surface area contributed by atoms with Gasteiger partial charge in [0.15, 0.2) is 0 Å². The largest absolute Gasteiger partial charge is 0.497 e. The molecule has 1 N–H and O–H groups in total. The van der Waals surface area contributed by atoms with Gasteiger partial charge in [0.1, 0.15) is 12.4 Å². The van der Waals surface area contributed by atoms with Crippen molar-refractivity contribution in [3.8, 4) is 5.75 Å². The van der Waals surface area contributed by atoms with Crippen LogP contribution in [-0.4, -0.2) is 78.4 Å². The molecule has 11 heteroatoms. The first-order chi connectivity index (χ1) is 18.3. The van der Waals surface area contributed by atoms with Crippen molar-refractivity contribution in [2.75, 3.05) is 40.3 Å². The number of non-ortho nitro benzene ring substituents is 1. The zero-order valence-corrected chi connectivity index (χ0v) is 22.5. The zero-order valence-electron chi connectivity index (χ0n) is 21.7. The average molecular weight is 543 g/mol. The molecule has 2 aromatic rings. The number of carbonyl (C=O) groups excluding carboxylic acids is 2. The summed E-state index contributed by atoms with van der Waals surface area (Å²) >= 11 is 1.89. The van der Waals surface area contributed by atoms with E-state index in [0.717, 1.165) is 30.9 Å². The maximum absolute atomic E-state index is 13.3. The van der Waals surface area contributed by atoms with Gasteiger partial charge in [0.2, 0.25) is 5.91 Å². The first-order valence-electron chi connectivity index (χ1n) is 12.7. The number of carbonyl (C=O) groups is 2. The predicted molar refractivity (Wildman–Crippen MR) is 145 cm³/mol. The summed E-state index contributed by atoms with van der Waals surface area (Å²) < 4.78 is 10.4. The summed E-state index contributed by atoms with van der Waals surface area (Å²) in [7, 11) is 3.68. The Labute approximate surface area is 226 Å².